The molecule has 1 fully saturated rings. The number of likely N-dealkylation sites (tertiary alicyclic amines) is 1. The number of fused-ring (bicyclic) bond motifs is 1. The largest absolute Gasteiger partial charge is 0.364 e. The van der Waals surface area contributed by atoms with Gasteiger partial charge in [0.15, 0.2) is 0 Å². The molecule has 0 bridgehead atoms. The Hall–Kier alpha value is -1.13. The molecule has 2 N–H and O–H groups in total. The second kappa shape index (κ2) is 4.76. The lowest BCUT2D eigenvalue weighted by Gasteiger charge is -2.47. The molecule has 0 aliphatic carbocycles. The average Bonchev–Trinajstić information content (AvgIpc) is 2.84. The lowest BCUT2D eigenvalue weighted by molar-refractivity contribution is 0.187. The van der Waals surface area contributed by atoms with E-state index in [-0.39, 0.29) is 11.4 Å². The molecule has 2 heterocycles. The van der Waals surface area contributed by atoms with E-state index in [1.165, 1.54) is 5.56 Å². The molecule has 0 unspecified atom stereocenters. The first-order chi connectivity index (χ1) is 9.14. The van der Waals surface area contributed by atoms with Gasteiger partial charge in [0, 0.05) is 31.9 Å². The summed E-state index contributed by atoms with van der Waals surface area (Å²) in [6.07, 6.45) is 3.14. The average molecular weight is 263 g/mol. The van der Waals surface area contributed by atoms with Crippen molar-refractivity contribution in [3.05, 3.63) is 29.6 Å². The number of rotatable bonds is 2. The number of benzene rings is 1. The fourth-order valence-corrected chi connectivity index (χ4v) is 3.46. The van der Waals surface area contributed by atoms with Gasteiger partial charge in [0.1, 0.15) is 5.82 Å². The Bertz CT molecular complexity index is 466. The number of hydrogen-bond acceptors (Lipinski definition) is 3. The zero-order valence-corrected chi connectivity index (χ0v) is 11.5. The van der Waals surface area contributed by atoms with Crippen LogP contribution >= 0.6 is 0 Å². The summed E-state index contributed by atoms with van der Waals surface area (Å²) in [6.45, 7) is 3.76. The normalized spacial score (nSPS) is 22.6. The highest BCUT2D eigenvalue weighted by molar-refractivity contribution is 5.60. The molecule has 0 aromatic heterocycles. The minimum Gasteiger partial charge on any atom is -0.364 e. The fourth-order valence-electron chi connectivity index (χ4n) is 3.46. The van der Waals surface area contributed by atoms with Crippen LogP contribution in [0.3, 0.4) is 0 Å². The SMILES string of the molecule is CN1CCC(CN)(N2CCc3ccc(F)cc32)CC1. The minimum atomic E-state index is -0.147. The molecule has 0 saturated carbocycles. The molecule has 3 rings (SSSR count). The Balaban J connectivity index is 1.92. The van der Waals surface area contributed by atoms with Crippen molar-refractivity contribution < 1.29 is 4.39 Å². The molecule has 19 heavy (non-hydrogen) atoms. The van der Waals surface area contributed by atoms with E-state index >= 15 is 0 Å². The summed E-state index contributed by atoms with van der Waals surface area (Å²) in [4.78, 5) is 4.72. The molecule has 0 spiro atoms. The Kier molecular flexibility index (Phi) is 3.23. The van der Waals surface area contributed by atoms with Gasteiger partial charge in [-0.15, -0.1) is 0 Å². The molecule has 4 heteroatoms. The van der Waals surface area contributed by atoms with Crippen molar-refractivity contribution in [3.63, 3.8) is 0 Å². The molecular weight excluding hydrogens is 241 g/mol. The van der Waals surface area contributed by atoms with E-state index in [0.29, 0.717) is 6.54 Å². The number of nitrogens with zero attached hydrogens (tertiary/aromatic N) is 2. The highest BCUT2D eigenvalue weighted by atomic mass is 19.1. The maximum absolute atomic E-state index is 13.5. The van der Waals surface area contributed by atoms with Crippen LogP contribution in [0.5, 0.6) is 0 Å². The van der Waals surface area contributed by atoms with E-state index in [4.69, 9.17) is 5.73 Å². The van der Waals surface area contributed by atoms with Crippen LogP contribution in [0.4, 0.5) is 10.1 Å². The molecule has 3 nitrogen and oxygen atoms in total. The smallest absolute Gasteiger partial charge is 0.125 e. The Morgan fingerprint density at radius 2 is 2.00 bits per heavy atom. The lowest BCUT2D eigenvalue weighted by Crippen LogP contribution is -2.58. The first kappa shape index (κ1) is 12.9. The van der Waals surface area contributed by atoms with Crippen molar-refractivity contribution >= 4 is 5.69 Å². The monoisotopic (exact) mass is 263 g/mol. The standard InChI is InChI=1S/C15H22FN3/c1-18-8-5-15(11-17,6-9-18)19-7-4-12-2-3-13(16)10-14(12)19/h2-3,10H,4-9,11,17H2,1H3. The summed E-state index contributed by atoms with van der Waals surface area (Å²) in [7, 11) is 2.15. The summed E-state index contributed by atoms with van der Waals surface area (Å²) >= 11 is 0. The summed E-state index contributed by atoms with van der Waals surface area (Å²) < 4.78 is 13.5. The molecule has 1 aromatic carbocycles. The number of halogens is 1. The van der Waals surface area contributed by atoms with Crippen LogP contribution < -0.4 is 10.6 Å². The predicted octanol–water partition coefficient (Wildman–Crippen LogP) is 1.61. The minimum absolute atomic E-state index is 0.0194. The maximum Gasteiger partial charge on any atom is 0.125 e. The van der Waals surface area contributed by atoms with Crippen LogP contribution in [0.25, 0.3) is 0 Å². The molecule has 0 radical (unpaired) electrons. The van der Waals surface area contributed by atoms with Gasteiger partial charge in [-0.1, -0.05) is 6.07 Å². The number of nitrogens with two attached hydrogens (primary N) is 1. The molecule has 104 valence electrons. The van der Waals surface area contributed by atoms with Gasteiger partial charge in [-0.2, -0.15) is 0 Å². The molecule has 2 aliphatic heterocycles. The Morgan fingerprint density at radius 1 is 1.26 bits per heavy atom. The van der Waals surface area contributed by atoms with Crippen LogP contribution in [0.1, 0.15) is 18.4 Å². The first-order valence-electron chi connectivity index (χ1n) is 7.09. The van der Waals surface area contributed by atoms with Gasteiger partial charge >= 0.3 is 0 Å². The van der Waals surface area contributed by atoms with Crippen LogP contribution in [0.15, 0.2) is 18.2 Å². The van der Waals surface area contributed by atoms with Crippen molar-refractivity contribution in [3.8, 4) is 0 Å². The molecule has 1 aromatic rings. The van der Waals surface area contributed by atoms with Crippen molar-refractivity contribution in [1.29, 1.82) is 0 Å². The third-order valence-corrected chi connectivity index (χ3v) is 4.81. The highest BCUT2D eigenvalue weighted by Gasteiger charge is 2.40. The number of hydrogen-bond donors (Lipinski definition) is 1. The second-order valence-electron chi connectivity index (χ2n) is 5.91. The van der Waals surface area contributed by atoms with Gasteiger partial charge < -0.3 is 15.5 Å². The van der Waals surface area contributed by atoms with Gasteiger partial charge in [0.05, 0.1) is 5.54 Å². The predicted molar refractivity (Wildman–Crippen MR) is 76.0 cm³/mol. The summed E-state index contributed by atoms with van der Waals surface area (Å²) in [6, 6.07) is 5.16. The van der Waals surface area contributed by atoms with Crippen LogP contribution in [-0.4, -0.2) is 43.7 Å². The Labute approximate surface area is 114 Å². The van der Waals surface area contributed by atoms with Crippen molar-refractivity contribution in [2.75, 3.05) is 38.1 Å². The van der Waals surface area contributed by atoms with Crippen LogP contribution in [-0.2, 0) is 6.42 Å². The third-order valence-electron chi connectivity index (χ3n) is 4.81. The van der Waals surface area contributed by atoms with E-state index in [1.54, 1.807) is 12.1 Å². The van der Waals surface area contributed by atoms with Crippen LogP contribution in [0.2, 0.25) is 0 Å². The summed E-state index contributed by atoms with van der Waals surface area (Å²) in [5.74, 6) is -0.147. The first-order valence-corrected chi connectivity index (χ1v) is 7.09. The van der Waals surface area contributed by atoms with Crippen LogP contribution in [0, 0.1) is 5.82 Å². The molecule has 0 atom stereocenters. The van der Waals surface area contributed by atoms with Crippen molar-refractivity contribution in [1.82, 2.24) is 4.90 Å². The van der Waals surface area contributed by atoms with Crippen molar-refractivity contribution in [2.24, 2.45) is 5.73 Å². The number of anilines is 1. The van der Waals surface area contributed by atoms with E-state index in [9.17, 15) is 4.39 Å². The van der Waals surface area contributed by atoms with E-state index in [2.05, 4.69) is 16.8 Å². The number of piperidine rings is 1. The quantitative estimate of drug-likeness (QED) is 0.880. The van der Waals surface area contributed by atoms with E-state index < -0.39 is 0 Å². The third kappa shape index (κ3) is 2.13. The van der Waals surface area contributed by atoms with Gasteiger partial charge in [-0.25, -0.2) is 4.39 Å². The molecular formula is C15H22FN3. The van der Waals surface area contributed by atoms with Crippen molar-refractivity contribution in [2.45, 2.75) is 24.8 Å². The van der Waals surface area contributed by atoms with Gasteiger partial charge in [-0.3, -0.25) is 0 Å². The van der Waals surface area contributed by atoms with Gasteiger partial charge in [-0.05, 0) is 44.0 Å². The highest BCUT2D eigenvalue weighted by Crippen LogP contribution is 2.38. The molecule has 0 amide bonds. The maximum atomic E-state index is 13.5. The molecule has 1 saturated heterocycles. The zero-order chi connectivity index (χ0) is 13.5. The molecule has 2 aliphatic rings. The topological polar surface area (TPSA) is 32.5 Å². The summed E-state index contributed by atoms with van der Waals surface area (Å²) in [5.41, 5.74) is 8.45. The summed E-state index contributed by atoms with van der Waals surface area (Å²) in [5, 5.41) is 0. The van der Waals surface area contributed by atoms with E-state index in [1.807, 2.05) is 6.07 Å². The fraction of sp³-hybridized carbons (Fsp3) is 0.600. The van der Waals surface area contributed by atoms with Gasteiger partial charge in [0.25, 0.3) is 0 Å². The zero-order valence-electron chi connectivity index (χ0n) is 11.5. The Morgan fingerprint density at radius 3 is 2.68 bits per heavy atom. The van der Waals surface area contributed by atoms with E-state index in [0.717, 1.165) is 44.6 Å². The second-order valence-corrected chi connectivity index (χ2v) is 5.91. The lowest BCUT2D eigenvalue weighted by atomic mass is 9.85. The van der Waals surface area contributed by atoms with Gasteiger partial charge in [0.2, 0.25) is 0 Å².